The average molecular weight is 250 g/mol. The van der Waals surface area contributed by atoms with E-state index in [0.717, 1.165) is 13.0 Å². The molecule has 0 fully saturated rings. The van der Waals surface area contributed by atoms with Crippen LogP contribution in [0, 0.1) is 11.8 Å². The van der Waals surface area contributed by atoms with Crippen LogP contribution in [0.1, 0.15) is 30.5 Å². The second-order valence-corrected chi connectivity index (χ2v) is 4.26. The average Bonchev–Trinajstić information content (AvgIpc) is 2.49. The topological polar surface area (TPSA) is 24.9 Å². The van der Waals surface area contributed by atoms with Crippen molar-refractivity contribution in [3.05, 3.63) is 66.0 Å². The van der Waals surface area contributed by atoms with E-state index >= 15 is 0 Å². The summed E-state index contributed by atoms with van der Waals surface area (Å²) in [6.45, 7) is 2.75. The van der Waals surface area contributed by atoms with E-state index in [2.05, 4.69) is 58.5 Å². The van der Waals surface area contributed by atoms with Crippen LogP contribution < -0.4 is 5.32 Å². The van der Waals surface area contributed by atoms with Crippen LogP contribution in [0.25, 0.3) is 0 Å². The zero-order chi connectivity index (χ0) is 13.3. The molecule has 0 saturated carbocycles. The van der Waals surface area contributed by atoms with Crippen LogP contribution in [-0.4, -0.2) is 11.5 Å². The Morgan fingerprint density at radius 1 is 1.05 bits per heavy atom. The minimum atomic E-state index is 0.197. The third kappa shape index (κ3) is 3.94. The van der Waals surface area contributed by atoms with Gasteiger partial charge in [-0.1, -0.05) is 30.3 Å². The molecule has 2 aromatic rings. The molecule has 0 amide bonds. The molecule has 0 spiro atoms. The van der Waals surface area contributed by atoms with Crippen LogP contribution in [0.3, 0.4) is 0 Å². The molecule has 0 saturated heterocycles. The molecule has 0 aliphatic carbocycles. The number of nitrogens with one attached hydrogen (secondary N) is 1. The van der Waals surface area contributed by atoms with Crippen LogP contribution in [0.4, 0.5) is 0 Å². The lowest BCUT2D eigenvalue weighted by atomic mass is 9.99. The number of nitrogens with zero attached hydrogens (tertiary/aromatic N) is 1. The first-order chi connectivity index (χ1) is 9.42. The van der Waals surface area contributed by atoms with E-state index in [4.69, 9.17) is 0 Å². The molecule has 0 aliphatic heterocycles. The van der Waals surface area contributed by atoms with Crippen molar-refractivity contribution in [3.63, 3.8) is 0 Å². The Labute approximate surface area is 114 Å². The van der Waals surface area contributed by atoms with Gasteiger partial charge < -0.3 is 5.32 Å². The van der Waals surface area contributed by atoms with Crippen LogP contribution in [0.15, 0.2) is 54.9 Å². The van der Waals surface area contributed by atoms with Gasteiger partial charge in [0.2, 0.25) is 0 Å². The highest BCUT2D eigenvalue weighted by molar-refractivity contribution is 5.30. The van der Waals surface area contributed by atoms with Crippen molar-refractivity contribution in [3.8, 4) is 11.8 Å². The summed E-state index contributed by atoms with van der Waals surface area (Å²) < 4.78 is 0. The molecular formula is C17H18N2. The van der Waals surface area contributed by atoms with E-state index in [9.17, 15) is 0 Å². The first kappa shape index (κ1) is 13.3. The minimum Gasteiger partial charge on any atom is -0.305 e. The SMILES string of the molecule is CC#CCCNC(c1ccccc1)c1ccncc1. The smallest absolute Gasteiger partial charge is 0.0578 e. The summed E-state index contributed by atoms with van der Waals surface area (Å²) in [5.41, 5.74) is 2.49. The van der Waals surface area contributed by atoms with Gasteiger partial charge in [-0.2, -0.15) is 0 Å². The van der Waals surface area contributed by atoms with Crippen molar-refractivity contribution in [1.29, 1.82) is 0 Å². The van der Waals surface area contributed by atoms with Crippen molar-refractivity contribution >= 4 is 0 Å². The molecule has 0 bridgehead atoms. The molecule has 1 atom stereocenters. The quantitative estimate of drug-likeness (QED) is 0.651. The van der Waals surface area contributed by atoms with Gasteiger partial charge in [0.05, 0.1) is 6.04 Å². The van der Waals surface area contributed by atoms with Crippen molar-refractivity contribution in [2.45, 2.75) is 19.4 Å². The maximum Gasteiger partial charge on any atom is 0.0578 e. The number of benzene rings is 1. The van der Waals surface area contributed by atoms with Gasteiger partial charge in [0.15, 0.2) is 0 Å². The third-order valence-electron chi connectivity index (χ3n) is 2.95. The first-order valence-electron chi connectivity index (χ1n) is 6.49. The zero-order valence-electron chi connectivity index (χ0n) is 11.1. The number of hydrogen-bond acceptors (Lipinski definition) is 2. The molecule has 0 aliphatic rings. The second-order valence-electron chi connectivity index (χ2n) is 4.26. The van der Waals surface area contributed by atoms with Crippen molar-refractivity contribution in [2.24, 2.45) is 0 Å². The molecule has 2 heteroatoms. The summed E-state index contributed by atoms with van der Waals surface area (Å²) in [4.78, 5) is 4.08. The molecule has 1 heterocycles. The fourth-order valence-electron chi connectivity index (χ4n) is 2.03. The van der Waals surface area contributed by atoms with Crippen LogP contribution in [0.2, 0.25) is 0 Å². The predicted octanol–water partition coefficient (Wildman–Crippen LogP) is 3.17. The summed E-state index contributed by atoms with van der Waals surface area (Å²) in [6.07, 6.45) is 4.53. The Hall–Kier alpha value is -2.11. The fraction of sp³-hybridized carbons (Fsp3) is 0.235. The van der Waals surface area contributed by atoms with E-state index in [-0.39, 0.29) is 6.04 Å². The predicted molar refractivity (Wildman–Crippen MR) is 78.6 cm³/mol. The normalized spacial score (nSPS) is 11.4. The van der Waals surface area contributed by atoms with Crippen LogP contribution in [0.5, 0.6) is 0 Å². The highest BCUT2D eigenvalue weighted by Gasteiger charge is 2.12. The number of hydrogen-bond donors (Lipinski definition) is 1. The minimum absolute atomic E-state index is 0.197. The lowest BCUT2D eigenvalue weighted by Gasteiger charge is -2.19. The summed E-state index contributed by atoms with van der Waals surface area (Å²) in [5, 5.41) is 3.56. The van der Waals surface area contributed by atoms with Gasteiger partial charge in [-0.15, -0.1) is 11.8 Å². The molecule has 2 rings (SSSR count). The van der Waals surface area contributed by atoms with Gasteiger partial charge in [0.25, 0.3) is 0 Å². The Balaban J connectivity index is 2.16. The fourth-order valence-corrected chi connectivity index (χ4v) is 2.03. The Bertz CT molecular complexity index is 498. The lowest BCUT2D eigenvalue weighted by Crippen LogP contribution is -2.23. The van der Waals surface area contributed by atoms with Gasteiger partial charge >= 0.3 is 0 Å². The standard InChI is InChI=1S/C17H18N2/c1-2-3-7-12-19-17(15-8-5-4-6-9-15)16-10-13-18-14-11-16/h4-6,8-11,13-14,17,19H,7,12H2,1H3. The van der Waals surface area contributed by atoms with Crippen LogP contribution >= 0.6 is 0 Å². The zero-order valence-corrected chi connectivity index (χ0v) is 11.1. The van der Waals surface area contributed by atoms with E-state index in [1.807, 2.05) is 25.4 Å². The molecular weight excluding hydrogens is 232 g/mol. The molecule has 0 radical (unpaired) electrons. The molecule has 1 unspecified atom stereocenters. The van der Waals surface area contributed by atoms with Crippen molar-refractivity contribution in [2.75, 3.05) is 6.54 Å². The Kier molecular flexibility index (Phi) is 5.16. The molecule has 1 aromatic heterocycles. The number of pyridine rings is 1. The second kappa shape index (κ2) is 7.35. The van der Waals surface area contributed by atoms with E-state index in [0.29, 0.717) is 0 Å². The van der Waals surface area contributed by atoms with Crippen molar-refractivity contribution in [1.82, 2.24) is 10.3 Å². The summed E-state index contributed by atoms with van der Waals surface area (Å²) >= 11 is 0. The molecule has 2 nitrogen and oxygen atoms in total. The van der Waals surface area contributed by atoms with Crippen LogP contribution in [-0.2, 0) is 0 Å². The highest BCUT2D eigenvalue weighted by atomic mass is 14.9. The Morgan fingerprint density at radius 2 is 1.74 bits per heavy atom. The van der Waals surface area contributed by atoms with Gasteiger partial charge in [-0.05, 0) is 30.2 Å². The molecule has 1 N–H and O–H groups in total. The number of rotatable bonds is 5. The Morgan fingerprint density at radius 3 is 2.42 bits per heavy atom. The molecule has 1 aromatic carbocycles. The third-order valence-corrected chi connectivity index (χ3v) is 2.95. The van der Waals surface area contributed by atoms with E-state index in [1.54, 1.807) is 0 Å². The highest BCUT2D eigenvalue weighted by Crippen LogP contribution is 2.20. The first-order valence-corrected chi connectivity index (χ1v) is 6.49. The summed E-state index contributed by atoms with van der Waals surface area (Å²) in [5.74, 6) is 6.00. The number of aromatic nitrogens is 1. The van der Waals surface area contributed by atoms with E-state index in [1.165, 1.54) is 11.1 Å². The van der Waals surface area contributed by atoms with Gasteiger partial charge in [-0.3, -0.25) is 4.98 Å². The summed E-state index contributed by atoms with van der Waals surface area (Å²) in [7, 11) is 0. The molecule has 96 valence electrons. The van der Waals surface area contributed by atoms with Gasteiger partial charge in [-0.25, -0.2) is 0 Å². The van der Waals surface area contributed by atoms with Gasteiger partial charge in [0, 0.05) is 25.4 Å². The molecule has 19 heavy (non-hydrogen) atoms. The maximum absolute atomic E-state index is 4.08. The lowest BCUT2D eigenvalue weighted by molar-refractivity contribution is 0.614. The van der Waals surface area contributed by atoms with E-state index < -0.39 is 0 Å². The maximum atomic E-state index is 4.08. The van der Waals surface area contributed by atoms with Crippen molar-refractivity contribution < 1.29 is 0 Å². The van der Waals surface area contributed by atoms with Gasteiger partial charge in [0.1, 0.15) is 0 Å². The monoisotopic (exact) mass is 250 g/mol. The largest absolute Gasteiger partial charge is 0.305 e. The summed E-state index contributed by atoms with van der Waals surface area (Å²) in [6, 6.07) is 14.8.